The van der Waals surface area contributed by atoms with Crippen LogP contribution in [0.3, 0.4) is 0 Å². The molecule has 0 fully saturated rings. The number of aromatic nitrogens is 3. The lowest BCUT2D eigenvalue weighted by atomic mass is 10.2. The highest BCUT2D eigenvalue weighted by Gasteiger charge is 2.13. The molecule has 0 aromatic carbocycles. The van der Waals surface area contributed by atoms with E-state index in [0.29, 0.717) is 5.69 Å². The number of carbonyl (C=O) groups is 1. The molecule has 1 N–H and O–H groups in total. The number of hydrogen-bond acceptors (Lipinski definition) is 4. The number of ether oxygens (including phenoxy) is 1. The standard InChI is InChI=1S/C10H8FN3O2/c1-16-10(15)9-4-8(13-14-9)6-2-3-12-5-7(6)11/h2-5H,1H3,(H,13,14). The molecule has 0 aliphatic rings. The molecule has 0 atom stereocenters. The molecule has 0 unspecified atom stereocenters. The second-order valence-electron chi connectivity index (χ2n) is 3.01. The van der Waals surface area contributed by atoms with Crippen LogP contribution in [0.1, 0.15) is 10.5 Å². The molecule has 0 saturated heterocycles. The van der Waals surface area contributed by atoms with Gasteiger partial charge in [-0.3, -0.25) is 10.1 Å². The smallest absolute Gasteiger partial charge is 0.356 e. The molecule has 16 heavy (non-hydrogen) atoms. The summed E-state index contributed by atoms with van der Waals surface area (Å²) in [4.78, 5) is 14.8. The van der Waals surface area contributed by atoms with E-state index in [4.69, 9.17) is 0 Å². The first-order valence-corrected chi connectivity index (χ1v) is 4.46. The molecular weight excluding hydrogens is 213 g/mol. The van der Waals surface area contributed by atoms with Crippen LogP contribution < -0.4 is 0 Å². The molecule has 2 heterocycles. The minimum Gasteiger partial charge on any atom is -0.464 e. The summed E-state index contributed by atoms with van der Waals surface area (Å²) in [5, 5.41) is 6.29. The Bertz CT molecular complexity index is 524. The molecule has 0 bridgehead atoms. The SMILES string of the molecule is COC(=O)c1cc(-c2ccncc2F)n[nH]1. The maximum Gasteiger partial charge on any atom is 0.356 e. The van der Waals surface area contributed by atoms with Gasteiger partial charge in [0.2, 0.25) is 0 Å². The van der Waals surface area contributed by atoms with E-state index in [9.17, 15) is 9.18 Å². The summed E-state index contributed by atoms with van der Waals surface area (Å²) in [5.41, 5.74) is 0.787. The highest BCUT2D eigenvalue weighted by Crippen LogP contribution is 2.20. The Hall–Kier alpha value is -2.24. The van der Waals surface area contributed by atoms with Crippen molar-refractivity contribution in [3.63, 3.8) is 0 Å². The zero-order chi connectivity index (χ0) is 11.5. The molecule has 0 amide bonds. The molecule has 0 spiro atoms. The average Bonchev–Trinajstić information content (AvgIpc) is 2.78. The van der Waals surface area contributed by atoms with Crippen LogP contribution >= 0.6 is 0 Å². The fourth-order valence-electron chi connectivity index (χ4n) is 1.26. The van der Waals surface area contributed by atoms with E-state index in [1.54, 1.807) is 0 Å². The quantitative estimate of drug-likeness (QED) is 0.778. The molecule has 5 nitrogen and oxygen atoms in total. The Balaban J connectivity index is 2.39. The van der Waals surface area contributed by atoms with Gasteiger partial charge in [-0.1, -0.05) is 0 Å². The van der Waals surface area contributed by atoms with E-state index < -0.39 is 11.8 Å². The maximum absolute atomic E-state index is 13.3. The summed E-state index contributed by atoms with van der Waals surface area (Å²) in [6, 6.07) is 2.90. The number of pyridine rings is 1. The molecule has 0 radical (unpaired) electrons. The van der Waals surface area contributed by atoms with Gasteiger partial charge in [-0.15, -0.1) is 0 Å². The molecule has 0 aliphatic heterocycles. The third-order valence-electron chi connectivity index (χ3n) is 2.03. The number of esters is 1. The van der Waals surface area contributed by atoms with E-state index in [1.807, 2.05) is 0 Å². The van der Waals surface area contributed by atoms with Crippen molar-refractivity contribution in [3.05, 3.63) is 36.0 Å². The summed E-state index contributed by atoms with van der Waals surface area (Å²) in [7, 11) is 1.26. The Morgan fingerprint density at radius 2 is 2.38 bits per heavy atom. The number of nitrogens with one attached hydrogen (secondary N) is 1. The van der Waals surface area contributed by atoms with E-state index in [-0.39, 0.29) is 11.3 Å². The fourth-order valence-corrected chi connectivity index (χ4v) is 1.26. The summed E-state index contributed by atoms with van der Waals surface area (Å²) < 4.78 is 17.8. The van der Waals surface area contributed by atoms with Gasteiger partial charge in [0.05, 0.1) is 19.0 Å². The van der Waals surface area contributed by atoms with Crippen LogP contribution in [0, 0.1) is 5.82 Å². The van der Waals surface area contributed by atoms with Crippen LogP contribution in [-0.4, -0.2) is 28.3 Å². The van der Waals surface area contributed by atoms with Crippen molar-refractivity contribution in [2.24, 2.45) is 0 Å². The molecular formula is C10H8FN3O2. The Kier molecular flexibility index (Phi) is 2.63. The minimum atomic E-state index is -0.548. The van der Waals surface area contributed by atoms with Gasteiger partial charge in [0, 0.05) is 11.8 Å². The number of carbonyl (C=O) groups excluding carboxylic acids is 1. The van der Waals surface area contributed by atoms with Crippen molar-refractivity contribution >= 4 is 5.97 Å². The molecule has 6 heteroatoms. The monoisotopic (exact) mass is 221 g/mol. The number of methoxy groups -OCH3 is 1. The van der Waals surface area contributed by atoms with Gasteiger partial charge in [-0.25, -0.2) is 9.18 Å². The third kappa shape index (κ3) is 1.77. The van der Waals surface area contributed by atoms with Gasteiger partial charge in [0.1, 0.15) is 5.69 Å². The van der Waals surface area contributed by atoms with Crippen LogP contribution in [0.15, 0.2) is 24.5 Å². The summed E-state index contributed by atoms with van der Waals surface area (Å²) in [5.74, 6) is -1.04. The number of aromatic amines is 1. The van der Waals surface area contributed by atoms with Crippen molar-refractivity contribution in [1.29, 1.82) is 0 Å². The first kappa shape index (κ1) is 10.3. The normalized spacial score (nSPS) is 10.1. The van der Waals surface area contributed by atoms with E-state index >= 15 is 0 Å². The minimum absolute atomic E-state index is 0.175. The number of rotatable bonds is 2. The molecule has 0 aliphatic carbocycles. The van der Waals surface area contributed by atoms with Crippen LogP contribution in [0.5, 0.6) is 0 Å². The molecule has 2 rings (SSSR count). The van der Waals surface area contributed by atoms with Crippen molar-refractivity contribution in [1.82, 2.24) is 15.2 Å². The highest BCUT2D eigenvalue weighted by molar-refractivity contribution is 5.88. The topological polar surface area (TPSA) is 67.9 Å². The van der Waals surface area contributed by atoms with E-state index in [0.717, 1.165) is 6.20 Å². The van der Waals surface area contributed by atoms with Crippen LogP contribution in [-0.2, 0) is 4.74 Å². The zero-order valence-electron chi connectivity index (χ0n) is 8.40. The van der Waals surface area contributed by atoms with Crippen LogP contribution in [0.2, 0.25) is 0 Å². The fraction of sp³-hybridized carbons (Fsp3) is 0.100. The lowest BCUT2D eigenvalue weighted by molar-refractivity contribution is 0.0594. The van der Waals surface area contributed by atoms with Crippen molar-refractivity contribution in [3.8, 4) is 11.3 Å². The van der Waals surface area contributed by atoms with E-state index in [1.165, 1.54) is 25.4 Å². The van der Waals surface area contributed by atoms with Crippen LogP contribution in [0.25, 0.3) is 11.3 Å². The van der Waals surface area contributed by atoms with E-state index in [2.05, 4.69) is 19.9 Å². The van der Waals surface area contributed by atoms with Gasteiger partial charge >= 0.3 is 5.97 Å². The predicted octanol–water partition coefficient (Wildman–Crippen LogP) is 1.40. The van der Waals surface area contributed by atoms with Crippen LogP contribution in [0.4, 0.5) is 4.39 Å². The van der Waals surface area contributed by atoms with Crippen molar-refractivity contribution in [2.75, 3.05) is 7.11 Å². The number of halogens is 1. The lowest BCUT2D eigenvalue weighted by Crippen LogP contribution is -2.00. The lowest BCUT2D eigenvalue weighted by Gasteiger charge is -1.95. The predicted molar refractivity (Wildman–Crippen MR) is 53.1 cm³/mol. The van der Waals surface area contributed by atoms with Gasteiger partial charge in [0.15, 0.2) is 5.82 Å². The molecule has 82 valence electrons. The summed E-state index contributed by atoms with van der Waals surface area (Å²) in [6.07, 6.45) is 2.53. The maximum atomic E-state index is 13.3. The average molecular weight is 221 g/mol. The first-order valence-electron chi connectivity index (χ1n) is 4.46. The third-order valence-corrected chi connectivity index (χ3v) is 2.03. The largest absolute Gasteiger partial charge is 0.464 e. The first-order chi connectivity index (χ1) is 7.72. The summed E-state index contributed by atoms with van der Waals surface area (Å²) >= 11 is 0. The van der Waals surface area contributed by atoms with Gasteiger partial charge in [0.25, 0.3) is 0 Å². The summed E-state index contributed by atoms with van der Waals surface area (Å²) in [6.45, 7) is 0. The number of nitrogens with zero attached hydrogens (tertiary/aromatic N) is 2. The van der Waals surface area contributed by atoms with Gasteiger partial charge < -0.3 is 4.74 Å². The van der Waals surface area contributed by atoms with Crippen molar-refractivity contribution in [2.45, 2.75) is 0 Å². The Morgan fingerprint density at radius 3 is 3.06 bits per heavy atom. The Labute approximate surface area is 90.3 Å². The molecule has 0 saturated carbocycles. The highest BCUT2D eigenvalue weighted by atomic mass is 19.1. The zero-order valence-corrected chi connectivity index (χ0v) is 8.40. The number of H-pyrrole nitrogens is 1. The molecule has 2 aromatic heterocycles. The second-order valence-corrected chi connectivity index (χ2v) is 3.01. The van der Waals surface area contributed by atoms with Gasteiger partial charge in [-0.05, 0) is 12.1 Å². The second kappa shape index (κ2) is 4.09. The molecule has 2 aromatic rings. The van der Waals surface area contributed by atoms with Crippen molar-refractivity contribution < 1.29 is 13.9 Å². The Morgan fingerprint density at radius 1 is 1.56 bits per heavy atom. The van der Waals surface area contributed by atoms with Gasteiger partial charge in [-0.2, -0.15) is 5.10 Å². The number of hydrogen-bond donors (Lipinski definition) is 1.